The van der Waals surface area contributed by atoms with Crippen LogP contribution in [0.1, 0.15) is 54.7 Å². The molecule has 8 heteroatoms. The number of nitrogens with zero attached hydrogens (tertiary/aromatic N) is 3. The maximum atomic E-state index is 13.0. The van der Waals surface area contributed by atoms with E-state index in [1.54, 1.807) is 13.0 Å². The summed E-state index contributed by atoms with van der Waals surface area (Å²) < 4.78 is 1.39. The quantitative estimate of drug-likeness (QED) is 0.501. The maximum absolute atomic E-state index is 13.0. The molecule has 0 aliphatic rings. The smallest absolute Gasteiger partial charge is 0.329 e. The molecule has 0 aliphatic heterocycles. The van der Waals surface area contributed by atoms with Crippen molar-refractivity contribution in [2.45, 2.75) is 46.2 Å². The van der Waals surface area contributed by atoms with Crippen molar-refractivity contribution in [3.63, 3.8) is 0 Å². The number of hydrogen-bond donors (Lipinski definition) is 2. The molecule has 2 N–H and O–H groups in total. The summed E-state index contributed by atoms with van der Waals surface area (Å²) in [5, 5.41) is 3.07. The summed E-state index contributed by atoms with van der Waals surface area (Å²) in [5.74, 6) is -0.297. The first-order chi connectivity index (χ1) is 15.3. The molecule has 0 saturated heterocycles. The minimum absolute atomic E-state index is 0.0392. The molecule has 0 aliphatic carbocycles. The fourth-order valence-electron chi connectivity index (χ4n) is 3.68. The first kappa shape index (κ1) is 23.4. The van der Waals surface area contributed by atoms with Crippen molar-refractivity contribution >= 4 is 16.9 Å². The number of aryl methyl sites for hydroxylation is 1. The number of amides is 1. The van der Waals surface area contributed by atoms with Crippen molar-refractivity contribution in [2.75, 3.05) is 20.1 Å². The number of carbonyl (C=O) groups excluding carboxylic acids is 1. The van der Waals surface area contributed by atoms with Crippen LogP contribution in [0.25, 0.3) is 11.0 Å². The van der Waals surface area contributed by atoms with Crippen LogP contribution in [0, 0.1) is 0 Å². The molecule has 0 atom stereocenters. The van der Waals surface area contributed by atoms with Gasteiger partial charge in [-0.15, -0.1) is 0 Å². The van der Waals surface area contributed by atoms with Crippen LogP contribution in [-0.2, 0) is 13.1 Å². The summed E-state index contributed by atoms with van der Waals surface area (Å²) in [4.78, 5) is 46.8. The lowest BCUT2D eigenvalue weighted by atomic mass is 10.0. The van der Waals surface area contributed by atoms with Crippen molar-refractivity contribution in [1.82, 2.24) is 24.8 Å². The number of fused-ring (bicyclic) bond motifs is 1. The second kappa shape index (κ2) is 10.4. The molecule has 8 nitrogen and oxygen atoms in total. The van der Waals surface area contributed by atoms with Gasteiger partial charge in [-0.05, 0) is 44.5 Å². The van der Waals surface area contributed by atoms with Crippen LogP contribution < -0.4 is 16.6 Å². The number of aromatic nitrogens is 3. The Bertz CT molecular complexity index is 1200. The second-order valence-electron chi connectivity index (χ2n) is 8.28. The highest BCUT2D eigenvalue weighted by atomic mass is 16.2. The molecule has 1 amide bonds. The second-order valence-corrected chi connectivity index (χ2v) is 8.28. The fourth-order valence-corrected chi connectivity index (χ4v) is 3.68. The summed E-state index contributed by atoms with van der Waals surface area (Å²) in [6.07, 6.45) is 0.769. The van der Waals surface area contributed by atoms with E-state index in [9.17, 15) is 14.4 Å². The number of aromatic amines is 1. The first-order valence-corrected chi connectivity index (χ1v) is 11.0. The largest absolute Gasteiger partial charge is 0.352 e. The molecule has 170 valence electrons. The topological polar surface area (TPSA) is 100 Å². The van der Waals surface area contributed by atoms with E-state index in [4.69, 9.17) is 0 Å². The lowest BCUT2D eigenvalue weighted by Crippen LogP contribution is -2.34. The summed E-state index contributed by atoms with van der Waals surface area (Å²) in [6.45, 7) is 8.19. The number of nitrogens with one attached hydrogen (secondary N) is 2. The summed E-state index contributed by atoms with van der Waals surface area (Å²) in [5.41, 5.74) is 1.29. The van der Waals surface area contributed by atoms with Gasteiger partial charge in [0, 0.05) is 25.3 Å². The van der Waals surface area contributed by atoms with Gasteiger partial charge in [0.15, 0.2) is 5.65 Å². The van der Waals surface area contributed by atoms with Crippen LogP contribution in [0.15, 0.2) is 46.0 Å². The summed E-state index contributed by atoms with van der Waals surface area (Å²) in [6, 6.07) is 11.9. The zero-order valence-corrected chi connectivity index (χ0v) is 19.1. The minimum atomic E-state index is -0.592. The van der Waals surface area contributed by atoms with Crippen LogP contribution >= 0.6 is 0 Å². The average molecular weight is 438 g/mol. The Labute approximate surface area is 187 Å². The van der Waals surface area contributed by atoms with E-state index >= 15 is 0 Å². The monoisotopic (exact) mass is 437 g/mol. The van der Waals surface area contributed by atoms with Crippen molar-refractivity contribution in [3.8, 4) is 0 Å². The zero-order valence-electron chi connectivity index (χ0n) is 19.1. The van der Waals surface area contributed by atoms with E-state index in [1.807, 2.05) is 39.1 Å². The van der Waals surface area contributed by atoms with Crippen LogP contribution in [-0.4, -0.2) is 45.5 Å². The number of hydrogen-bond acceptors (Lipinski definition) is 5. The van der Waals surface area contributed by atoms with E-state index in [1.165, 1.54) is 10.1 Å². The lowest BCUT2D eigenvalue weighted by Gasteiger charge is -2.17. The Balaban J connectivity index is 1.76. The van der Waals surface area contributed by atoms with Gasteiger partial charge in [0.2, 0.25) is 0 Å². The Kier molecular flexibility index (Phi) is 7.58. The third kappa shape index (κ3) is 5.31. The standard InChI is InChI=1S/C24H31N5O3/c1-5-29-21-20(23(31)27-24(29)32)18(14-19(26-21)16(2)3)22(30)25-12-9-13-28(4)15-17-10-7-6-8-11-17/h6-8,10-11,14,16H,5,9,12-13,15H2,1-4H3,(H,25,30)(H,27,31,32). The number of benzene rings is 1. The Morgan fingerprint density at radius 2 is 1.94 bits per heavy atom. The number of H-pyrrole nitrogens is 1. The summed E-state index contributed by atoms with van der Waals surface area (Å²) >= 11 is 0. The van der Waals surface area contributed by atoms with Gasteiger partial charge in [-0.3, -0.25) is 19.1 Å². The zero-order chi connectivity index (χ0) is 23.3. The van der Waals surface area contributed by atoms with E-state index in [0.717, 1.165) is 19.5 Å². The molecular formula is C24H31N5O3. The normalized spacial score (nSPS) is 11.4. The van der Waals surface area contributed by atoms with Gasteiger partial charge in [-0.2, -0.15) is 0 Å². The lowest BCUT2D eigenvalue weighted by molar-refractivity contribution is 0.0953. The molecular weight excluding hydrogens is 406 g/mol. The fraction of sp³-hybridized carbons (Fsp3) is 0.417. The van der Waals surface area contributed by atoms with Gasteiger partial charge >= 0.3 is 5.69 Å². The molecule has 32 heavy (non-hydrogen) atoms. The molecule has 3 rings (SSSR count). The average Bonchev–Trinajstić information content (AvgIpc) is 2.76. The van der Waals surface area contributed by atoms with Gasteiger partial charge in [-0.1, -0.05) is 44.2 Å². The predicted molar refractivity (Wildman–Crippen MR) is 126 cm³/mol. The van der Waals surface area contributed by atoms with Crippen molar-refractivity contribution < 1.29 is 4.79 Å². The molecule has 0 unspecified atom stereocenters. The van der Waals surface area contributed by atoms with Crippen LogP contribution in [0.2, 0.25) is 0 Å². The Morgan fingerprint density at radius 1 is 1.22 bits per heavy atom. The number of carbonyl (C=O) groups is 1. The van der Waals surface area contributed by atoms with Crippen molar-refractivity contribution in [3.05, 3.63) is 74.1 Å². The van der Waals surface area contributed by atoms with Crippen LogP contribution in [0.3, 0.4) is 0 Å². The van der Waals surface area contributed by atoms with Gasteiger partial charge in [0.1, 0.15) is 0 Å². The predicted octanol–water partition coefficient (Wildman–Crippen LogP) is 2.48. The molecule has 0 radical (unpaired) electrons. The van der Waals surface area contributed by atoms with E-state index in [0.29, 0.717) is 18.8 Å². The van der Waals surface area contributed by atoms with Crippen LogP contribution in [0.4, 0.5) is 0 Å². The molecule has 2 heterocycles. The van der Waals surface area contributed by atoms with E-state index < -0.39 is 11.2 Å². The molecule has 0 bridgehead atoms. The van der Waals surface area contributed by atoms with Gasteiger partial charge in [0.05, 0.1) is 10.9 Å². The van der Waals surface area contributed by atoms with E-state index in [2.05, 4.69) is 32.3 Å². The third-order valence-corrected chi connectivity index (χ3v) is 5.42. The molecule has 3 aromatic rings. The third-order valence-electron chi connectivity index (χ3n) is 5.42. The highest BCUT2D eigenvalue weighted by Crippen LogP contribution is 2.19. The molecule has 1 aromatic carbocycles. The van der Waals surface area contributed by atoms with Crippen molar-refractivity contribution in [1.29, 1.82) is 0 Å². The minimum Gasteiger partial charge on any atom is -0.352 e. The van der Waals surface area contributed by atoms with Crippen LogP contribution in [0.5, 0.6) is 0 Å². The number of rotatable bonds is 9. The molecule has 2 aromatic heterocycles. The highest BCUT2D eigenvalue weighted by molar-refractivity contribution is 6.05. The van der Waals surface area contributed by atoms with Gasteiger partial charge < -0.3 is 10.2 Å². The Hall–Kier alpha value is -3.26. The van der Waals surface area contributed by atoms with Gasteiger partial charge in [-0.25, -0.2) is 9.78 Å². The van der Waals surface area contributed by atoms with Gasteiger partial charge in [0.25, 0.3) is 11.5 Å². The molecule has 0 fully saturated rings. The molecule has 0 spiro atoms. The maximum Gasteiger partial charge on any atom is 0.329 e. The molecule has 0 saturated carbocycles. The first-order valence-electron chi connectivity index (χ1n) is 11.0. The summed E-state index contributed by atoms with van der Waals surface area (Å²) in [7, 11) is 2.05. The van der Waals surface area contributed by atoms with E-state index in [-0.39, 0.29) is 28.4 Å². The SMILES string of the molecule is CCn1c(=O)[nH]c(=O)c2c(C(=O)NCCCN(C)Cc3ccccc3)cc(C(C)C)nc21. The van der Waals surface area contributed by atoms with Crippen molar-refractivity contribution in [2.24, 2.45) is 0 Å². The number of pyridine rings is 1. The highest BCUT2D eigenvalue weighted by Gasteiger charge is 2.20. The Morgan fingerprint density at radius 3 is 2.59 bits per heavy atom.